The average molecular weight is 515 g/mol. The van der Waals surface area contributed by atoms with E-state index in [0.29, 0.717) is 49.5 Å². The minimum atomic E-state index is -3.73. The molecule has 194 valence electrons. The summed E-state index contributed by atoms with van der Waals surface area (Å²) in [6, 6.07) is 11.7. The molecule has 9 nitrogen and oxygen atoms in total. The van der Waals surface area contributed by atoms with Crippen LogP contribution in [0.2, 0.25) is 0 Å². The molecule has 2 aromatic rings. The van der Waals surface area contributed by atoms with Crippen LogP contribution in [-0.2, 0) is 14.8 Å². The van der Waals surface area contributed by atoms with Gasteiger partial charge in [-0.15, -0.1) is 0 Å². The highest BCUT2D eigenvalue weighted by Gasteiger charge is 2.33. The number of nitrogens with zero attached hydrogens (tertiary/aromatic N) is 3. The van der Waals surface area contributed by atoms with Gasteiger partial charge >= 0.3 is 0 Å². The fourth-order valence-corrected chi connectivity index (χ4v) is 6.28. The predicted octanol–water partition coefficient (Wildman–Crippen LogP) is 2.43. The van der Waals surface area contributed by atoms with Crippen molar-refractivity contribution in [2.24, 2.45) is 5.92 Å². The third-order valence-corrected chi connectivity index (χ3v) is 8.81. The van der Waals surface area contributed by atoms with Crippen LogP contribution in [-0.4, -0.2) is 87.8 Å². The average Bonchev–Trinajstić information content (AvgIpc) is 2.89. The number of sulfonamides is 1. The van der Waals surface area contributed by atoms with Gasteiger partial charge in [0.25, 0.3) is 5.91 Å². The number of piperazine rings is 1. The molecule has 0 aromatic heterocycles. The van der Waals surface area contributed by atoms with Gasteiger partial charge < -0.3 is 19.9 Å². The van der Waals surface area contributed by atoms with Crippen LogP contribution in [0.4, 0.5) is 5.69 Å². The van der Waals surface area contributed by atoms with Gasteiger partial charge in [0.15, 0.2) is 0 Å². The number of anilines is 1. The fourth-order valence-electron chi connectivity index (χ4n) is 4.67. The molecule has 0 spiro atoms. The Balaban J connectivity index is 1.38. The topological polar surface area (TPSA) is 99.3 Å². The largest absolute Gasteiger partial charge is 0.496 e. The Bertz CT molecular complexity index is 1210. The van der Waals surface area contributed by atoms with E-state index in [1.165, 1.54) is 10.4 Å². The Kier molecular flexibility index (Phi) is 7.97. The van der Waals surface area contributed by atoms with Gasteiger partial charge in [0.2, 0.25) is 15.9 Å². The number of aryl methyl sites for hydroxylation is 1. The Hall–Kier alpha value is -2.95. The smallest absolute Gasteiger partial charge is 0.253 e. The number of nitrogens with one attached hydrogen (secondary N) is 1. The normalized spacial score (nSPS) is 19.6. The number of piperidine rings is 1. The van der Waals surface area contributed by atoms with Crippen molar-refractivity contribution < 1.29 is 22.7 Å². The molecule has 10 heteroatoms. The maximum atomic E-state index is 13.2. The maximum Gasteiger partial charge on any atom is 0.253 e. The number of benzene rings is 2. The van der Waals surface area contributed by atoms with E-state index in [1.54, 1.807) is 50.4 Å². The van der Waals surface area contributed by atoms with Crippen molar-refractivity contribution in [1.82, 2.24) is 14.1 Å². The van der Waals surface area contributed by atoms with Crippen LogP contribution in [0, 0.1) is 12.8 Å². The number of methoxy groups -OCH3 is 1. The minimum absolute atomic E-state index is 0.0112. The van der Waals surface area contributed by atoms with Crippen molar-refractivity contribution in [3.05, 3.63) is 53.6 Å². The second-order valence-corrected chi connectivity index (χ2v) is 11.4. The second kappa shape index (κ2) is 11.0. The van der Waals surface area contributed by atoms with E-state index in [2.05, 4.69) is 10.2 Å². The molecule has 2 saturated heterocycles. The van der Waals surface area contributed by atoms with Crippen LogP contribution >= 0.6 is 0 Å². The molecular weight excluding hydrogens is 480 g/mol. The highest BCUT2D eigenvalue weighted by molar-refractivity contribution is 7.89. The molecule has 1 atom stereocenters. The molecule has 0 aliphatic carbocycles. The quantitative estimate of drug-likeness (QED) is 0.636. The summed E-state index contributed by atoms with van der Waals surface area (Å²) >= 11 is 0. The first-order chi connectivity index (χ1) is 17.2. The number of hydrogen-bond donors (Lipinski definition) is 1. The molecule has 0 unspecified atom stereocenters. The van der Waals surface area contributed by atoms with E-state index < -0.39 is 15.9 Å². The third kappa shape index (κ3) is 5.71. The van der Waals surface area contributed by atoms with E-state index in [-0.39, 0.29) is 23.3 Å². The Morgan fingerprint density at radius 3 is 2.33 bits per heavy atom. The van der Waals surface area contributed by atoms with Crippen LogP contribution in [0.1, 0.15) is 28.8 Å². The zero-order chi connectivity index (χ0) is 25.9. The molecular formula is C26H34N4O5S. The molecule has 4 rings (SSSR count). The minimum Gasteiger partial charge on any atom is -0.496 e. The maximum absolute atomic E-state index is 13.2. The number of likely N-dealkylation sites (N-methyl/N-ethyl adjacent to an activating group) is 1. The van der Waals surface area contributed by atoms with Crippen molar-refractivity contribution >= 4 is 27.5 Å². The lowest BCUT2D eigenvalue weighted by atomic mass is 9.98. The van der Waals surface area contributed by atoms with Gasteiger partial charge in [-0.1, -0.05) is 0 Å². The molecule has 2 aliphatic heterocycles. The number of carbonyl (C=O) groups is 2. The zero-order valence-corrected chi connectivity index (χ0v) is 21.9. The molecule has 2 aliphatic rings. The number of rotatable bonds is 6. The fraction of sp³-hybridized carbons (Fsp3) is 0.462. The summed E-state index contributed by atoms with van der Waals surface area (Å²) in [5.41, 5.74) is 1.90. The van der Waals surface area contributed by atoms with Crippen molar-refractivity contribution in [3.63, 3.8) is 0 Å². The summed E-state index contributed by atoms with van der Waals surface area (Å²) < 4.78 is 33.1. The summed E-state index contributed by atoms with van der Waals surface area (Å²) in [5.74, 6) is -0.0672. The number of hydrogen-bond acceptors (Lipinski definition) is 6. The second-order valence-electron chi connectivity index (χ2n) is 9.50. The highest BCUT2D eigenvalue weighted by Crippen LogP contribution is 2.28. The molecule has 36 heavy (non-hydrogen) atoms. The van der Waals surface area contributed by atoms with Gasteiger partial charge in [-0.3, -0.25) is 9.59 Å². The summed E-state index contributed by atoms with van der Waals surface area (Å²) in [6.45, 7) is 5.40. The van der Waals surface area contributed by atoms with Crippen LogP contribution in [0.25, 0.3) is 0 Å². The lowest BCUT2D eigenvalue weighted by Crippen LogP contribution is -2.47. The Morgan fingerprint density at radius 1 is 1.00 bits per heavy atom. The van der Waals surface area contributed by atoms with Gasteiger partial charge in [-0.2, -0.15) is 4.31 Å². The standard InChI is InChI=1S/C26H34N4O5S/c1-19-17-23(10-11-24(19)35-3)36(33,34)30-12-4-5-21(18-30)25(31)27-22-8-6-20(7-9-22)26(32)29-15-13-28(2)14-16-29/h6-11,17,21H,4-5,12-16,18H2,1-3H3,(H,27,31)/t21-/m0/s1. The van der Waals surface area contributed by atoms with Gasteiger partial charge in [-0.25, -0.2) is 8.42 Å². The van der Waals surface area contributed by atoms with E-state index in [1.807, 2.05) is 11.9 Å². The van der Waals surface area contributed by atoms with E-state index in [4.69, 9.17) is 4.74 Å². The summed E-state index contributed by atoms with van der Waals surface area (Å²) in [4.78, 5) is 30.0. The molecule has 2 fully saturated rings. The van der Waals surface area contributed by atoms with E-state index >= 15 is 0 Å². The van der Waals surface area contributed by atoms with Crippen molar-refractivity contribution in [2.75, 3.05) is 58.7 Å². The van der Waals surface area contributed by atoms with Crippen LogP contribution in [0.3, 0.4) is 0 Å². The predicted molar refractivity (Wildman–Crippen MR) is 138 cm³/mol. The molecule has 2 amide bonds. The third-order valence-electron chi connectivity index (χ3n) is 6.95. The molecule has 2 heterocycles. The lowest BCUT2D eigenvalue weighted by Gasteiger charge is -2.32. The Labute approximate surface area is 213 Å². The van der Waals surface area contributed by atoms with E-state index in [9.17, 15) is 18.0 Å². The Morgan fingerprint density at radius 2 is 1.69 bits per heavy atom. The number of carbonyl (C=O) groups excluding carboxylic acids is 2. The lowest BCUT2D eigenvalue weighted by molar-refractivity contribution is -0.120. The SMILES string of the molecule is COc1ccc(S(=O)(=O)N2CCC[C@H](C(=O)Nc3ccc(C(=O)N4CCN(C)CC4)cc3)C2)cc1C. The summed E-state index contributed by atoms with van der Waals surface area (Å²) in [6.07, 6.45) is 1.21. The molecule has 1 N–H and O–H groups in total. The zero-order valence-electron chi connectivity index (χ0n) is 21.1. The van der Waals surface area contributed by atoms with Crippen molar-refractivity contribution in [3.8, 4) is 5.75 Å². The van der Waals surface area contributed by atoms with Gasteiger partial charge in [0.05, 0.1) is 17.9 Å². The van der Waals surface area contributed by atoms with Crippen molar-refractivity contribution in [2.45, 2.75) is 24.7 Å². The van der Waals surface area contributed by atoms with Crippen LogP contribution in [0.15, 0.2) is 47.4 Å². The van der Waals surface area contributed by atoms with Gasteiger partial charge in [0.1, 0.15) is 5.75 Å². The van der Waals surface area contributed by atoms with Crippen LogP contribution in [0.5, 0.6) is 5.75 Å². The van der Waals surface area contributed by atoms with Gasteiger partial charge in [0, 0.05) is 50.5 Å². The van der Waals surface area contributed by atoms with Crippen molar-refractivity contribution in [1.29, 1.82) is 0 Å². The summed E-state index contributed by atoms with van der Waals surface area (Å²) in [7, 11) is -0.139. The first-order valence-electron chi connectivity index (χ1n) is 12.2. The monoisotopic (exact) mass is 514 g/mol. The van der Waals surface area contributed by atoms with Gasteiger partial charge in [-0.05, 0) is 74.8 Å². The van der Waals surface area contributed by atoms with Crippen LogP contribution < -0.4 is 10.1 Å². The van der Waals surface area contributed by atoms with E-state index in [0.717, 1.165) is 18.7 Å². The molecule has 0 bridgehead atoms. The first kappa shape index (κ1) is 26.1. The molecule has 0 radical (unpaired) electrons. The first-order valence-corrected chi connectivity index (χ1v) is 13.7. The summed E-state index contributed by atoms with van der Waals surface area (Å²) in [5, 5.41) is 2.89. The molecule has 0 saturated carbocycles. The molecule has 2 aromatic carbocycles. The number of amides is 2. The number of ether oxygens (including phenoxy) is 1. The highest BCUT2D eigenvalue weighted by atomic mass is 32.2.